The summed E-state index contributed by atoms with van der Waals surface area (Å²) in [5.74, 6) is 0.986. The molecule has 0 amide bonds. The van der Waals surface area contributed by atoms with E-state index in [1.54, 1.807) is 6.07 Å². The van der Waals surface area contributed by atoms with Crippen LogP contribution in [-0.4, -0.2) is 25.2 Å². The molecule has 1 aromatic rings. The van der Waals surface area contributed by atoms with E-state index in [-0.39, 0.29) is 0 Å². The van der Waals surface area contributed by atoms with Crippen LogP contribution in [-0.2, 0) is 6.42 Å². The maximum Gasteiger partial charge on any atom is 0.138 e. The van der Waals surface area contributed by atoms with Gasteiger partial charge in [-0.3, -0.25) is 0 Å². The number of phenols is 1. The zero-order valence-electron chi connectivity index (χ0n) is 8.38. The molecule has 76 valence electrons. The van der Waals surface area contributed by atoms with Crippen molar-refractivity contribution in [2.24, 2.45) is 5.92 Å². The number of hydrogen-bond acceptors (Lipinski definition) is 3. The van der Waals surface area contributed by atoms with Crippen LogP contribution >= 0.6 is 0 Å². The molecule has 1 aromatic carbocycles. The van der Waals surface area contributed by atoms with E-state index in [9.17, 15) is 5.11 Å². The molecule has 0 radical (unpaired) electrons. The second-order valence-corrected chi connectivity index (χ2v) is 3.82. The van der Waals surface area contributed by atoms with Crippen molar-refractivity contribution in [3.63, 3.8) is 0 Å². The molecule has 0 fully saturated rings. The number of fused-ring (bicyclic) bond motifs is 1. The first-order chi connectivity index (χ1) is 6.81. The molecule has 0 saturated carbocycles. The first-order valence-electron chi connectivity index (χ1n) is 5.00. The topological polar surface area (TPSA) is 44.3 Å². The molecule has 1 aliphatic heterocycles. The van der Waals surface area contributed by atoms with Gasteiger partial charge in [-0.2, -0.15) is 0 Å². The Morgan fingerprint density at radius 3 is 3.21 bits per heavy atom. The van der Waals surface area contributed by atoms with Gasteiger partial charge in [-0.25, -0.2) is 0 Å². The van der Waals surface area contributed by atoms with E-state index in [0.29, 0.717) is 11.7 Å². The average molecular weight is 192 g/mol. The molecule has 3 N–H and O–H groups in total. The molecule has 1 atom stereocenters. The van der Waals surface area contributed by atoms with Gasteiger partial charge in [0.2, 0.25) is 0 Å². The zero-order valence-corrected chi connectivity index (χ0v) is 8.38. The molecule has 1 heterocycles. The van der Waals surface area contributed by atoms with Gasteiger partial charge < -0.3 is 15.7 Å². The SMILES string of the molecule is CNCC1CNc2c(O)cccc2C1. The predicted octanol–water partition coefficient (Wildman–Crippen LogP) is 1.20. The van der Waals surface area contributed by atoms with Crippen LogP contribution in [0.15, 0.2) is 18.2 Å². The van der Waals surface area contributed by atoms with Gasteiger partial charge in [0.05, 0.1) is 5.69 Å². The molecule has 0 saturated heterocycles. The first-order valence-corrected chi connectivity index (χ1v) is 5.00. The Balaban J connectivity index is 2.18. The van der Waals surface area contributed by atoms with Crippen molar-refractivity contribution in [2.75, 3.05) is 25.5 Å². The highest BCUT2D eigenvalue weighted by molar-refractivity contribution is 5.62. The minimum Gasteiger partial charge on any atom is -0.506 e. The van der Waals surface area contributed by atoms with Gasteiger partial charge in [-0.1, -0.05) is 12.1 Å². The van der Waals surface area contributed by atoms with Crippen molar-refractivity contribution in [3.05, 3.63) is 23.8 Å². The third kappa shape index (κ3) is 1.68. The molecule has 0 spiro atoms. The third-order valence-corrected chi connectivity index (χ3v) is 2.70. The number of rotatable bonds is 2. The van der Waals surface area contributed by atoms with Crippen molar-refractivity contribution < 1.29 is 5.11 Å². The lowest BCUT2D eigenvalue weighted by molar-refractivity contribution is 0.465. The van der Waals surface area contributed by atoms with Crippen LogP contribution in [0.25, 0.3) is 0 Å². The van der Waals surface area contributed by atoms with Gasteiger partial charge in [0.15, 0.2) is 0 Å². The molecule has 1 unspecified atom stereocenters. The van der Waals surface area contributed by atoms with Crippen molar-refractivity contribution in [1.82, 2.24) is 5.32 Å². The molecule has 0 bridgehead atoms. The van der Waals surface area contributed by atoms with Crippen LogP contribution in [0.1, 0.15) is 5.56 Å². The summed E-state index contributed by atoms with van der Waals surface area (Å²) in [6.07, 6.45) is 1.04. The summed E-state index contributed by atoms with van der Waals surface area (Å²) in [5.41, 5.74) is 2.14. The highest BCUT2D eigenvalue weighted by Crippen LogP contribution is 2.32. The smallest absolute Gasteiger partial charge is 0.138 e. The van der Waals surface area contributed by atoms with Crippen LogP contribution in [0.3, 0.4) is 0 Å². The maximum absolute atomic E-state index is 9.59. The molecule has 3 nitrogen and oxygen atoms in total. The van der Waals surface area contributed by atoms with E-state index in [4.69, 9.17) is 0 Å². The van der Waals surface area contributed by atoms with Crippen molar-refractivity contribution in [2.45, 2.75) is 6.42 Å². The summed E-state index contributed by atoms with van der Waals surface area (Å²) in [6.45, 7) is 1.95. The minimum atomic E-state index is 0.366. The van der Waals surface area contributed by atoms with Crippen LogP contribution in [0.2, 0.25) is 0 Å². The van der Waals surface area contributed by atoms with Crippen molar-refractivity contribution in [3.8, 4) is 5.75 Å². The van der Waals surface area contributed by atoms with Gasteiger partial charge in [0.1, 0.15) is 5.75 Å². The third-order valence-electron chi connectivity index (χ3n) is 2.70. The standard InChI is InChI=1S/C11H16N2O/c1-12-6-8-5-9-3-2-4-10(14)11(9)13-7-8/h2-4,8,12-14H,5-7H2,1H3. The fourth-order valence-electron chi connectivity index (χ4n) is 2.02. The maximum atomic E-state index is 9.59. The molecule has 2 rings (SSSR count). The van der Waals surface area contributed by atoms with E-state index < -0.39 is 0 Å². The number of benzene rings is 1. The minimum absolute atomic E-state index is 0.366. The fourth-order valence-corrected chi connectivity index (χ4v) is 2.02. The van der Waals surface area contributed by atoms with Crippen LogP contribution < -0.4 is 10.6 Å². The number of anilines is 1. The van der Waals surface area contributed by atoms with E-state index in [2.05, 4.69) is 16.7 Å². The summed E-state index contributed by atoms with van der Waals surface area (Å²) in [7, 11) is 1.97. The summed E-state index contributed by atoms with van der Waals surface area (Å²) < 4.78 is 0. The van der Waals surface area contributed by atoms with Crippen LogP contribution in [0.4, 0.5) is 5.69 Å². The average Bonchev–Trinajstić information content (AvgIpc) is 2.18. The van der Waals surface area contributed by atoms with Crippen molar-refractivity contribution in [1.29, 1.82) is 0 Å². The van der Waals surface area contributed by atoms with Gasteiger partial charge in [-0.15, -0.1) is 0 Å². The monoisotopic (exact) mass is 192 g/mol. The Morgan fingerprint density at radius 1 is 1.57 bits per heavy atom. The Bertz CT molecular complexity index is 325. The normalized spacial score (nSPS) is 19.9. The van der Waals surface area contributed by atoms with E-state index in [1.807, 2.05) is 13.1 Å². The fraction of sp³-hybridized carbons (Fsp3) is 0.455. The number of phenolic OH excluding ortho intramolecular Hbond substituents is 1. The summed E-state index contributed by atoms with van der Waals surface area (Å²) >= 11 is 0. The number of hydrogen-bond donors (Lipinski definition) is 3. The Kier molecular flexibility index (Phi) is 2.59. The van der Waals surface area contributed by atoms with E-state index in [1.165, 1.54) is 5.56 Å². The number of aromatic hydroxyl groups is 1. The quantitative estimate of drug-likeness (QED) is 0.617. The second-order valence-electron chi connectivity index (χ2n) is 3.82. The lowest BCUT2D eigenvalue weighted by Crippen LogP contribution is -2.30. The Morgan fingerprint density at radius 2 is 2.43 bits per heavy atom. The summed E-state index contributed by atoms with van der Waals surface area (Å²) in [6, 6.07) is 5.70. The molecule has 1 aliphatic rings. The molecular weight excluding hydrogens is 176 g/mol. The lowest BCUT2D eigenvalue weighted by Gasteiger charge is -2.26. The zero-order chi connectivity index (χ0) is 9.97. The summed E-state index contributed by atoms with van der Waals surface area (Å²) in [5, 5.41) is 16.1. The second kappa shape index (κ2) is 3.88. The summed E-state index contributed by atoms with van der Waals surface area (Å²) in [4.78, 5) is 0. The Labute approximate surface area is 84.1 Å². The highest BCUT2D eigenvalue weighted by Gasteiger charge is 2.19. The molecule has 14 heavy (non-hydrogen) atoms. The van der Waals surface area contributed by atoms with Crippen molar-refractivity contribution >= 4 is 5.69 Å². The van der Waals surface area contributed by atoms with Gasteiger partial charge in [-0.05, 0) is 37.6 Å². The largest absolute Gasteiger partial charge is 0.506 e. The molecular formula is C11H16N2O. The highest BCUT2D eigenvalue weighted by atomic mass is 16.3. The van der Waals surface area contributed by atoms with Gasteiger partial charge >= 0.3 is 0 Å². The van der Waals surface area contributed by atoms with Gasteiger partial charge in [0, 0.05) is 6.54 Å². The van der Waals surface area contributed by atoms with E-state index >= 15 is 0 Å². The molecule has 0 aromatic heterocycles. The molecule has 3 heteroatoms. The lowest BCUT2D eigenvalue weighted by atomic mass is 9.93. The number of nitrogens with one attached hydrogen (secondary N) is 2. The first kappa shape index (κ1) is 9.34. The van der Waals surface area contributed by atoms with Crippen LogP contribution in [0, 0.1) is 5.92 Å². The van der Waals surface area contributed by atoms with Crippen LogP contribution in [0.5, 0.6) is 5.75 Å². The predicted molar refractivity (Wildman–Crippen MR) is 57.7 cm³/mol. The molecule has 0 aliphatic carbocycles. The van der Waals surface area contributed by atoms with Gasteiger partial charge in [0.25, 0.3) is 0 Å². The van der Waals surface area contributed by atoms with E-state index in [0.717, 1.165) is 25.2 Å². The number of para-hydroxylation sites is 1. The Hall–Kier alpha value is -1.22.